The predicted molar refractivity (Wildman–Crippen MR) is 130 cm³/mol. The normalized spacial score (nSPS) is 12.9. The van der Waals surface area contributed by atoms with Crippen LogP contribution in [0.3, 0.4) is 0 Å². The van der Waals surface area contributed by atoms with Crippen LogP contribution in [0.2, 0.25) is 0 Å². The number of nitrogens with zero attached hydrogens (tertiary/aromatic N) is 2. The molecule has 0 atom stereocenters. The number of rotatable bonds is 12. The van der Waals surface area contributed by atoms with Gasteiger partial charge in [-0.2, -0.15) is 0 Å². The van der Waals surface area contributed by atoms with Gasteiger partial charge >= 0.3 is 0 Å². The van der Waals surface area contributed by atoms with Crippen LogP contribution in [0, 0.1) is 0 Å². The van der Waals surface area contributed by atoms with E-state index >= 15 is 0 Å². The van der Waals surface area contributed by atoms with Gasteiger partial charge in [0.05, 0.1) is 19.4 Å². The van der Waals surface area contributed by atoms with Gasteiger partial charge in [0.25, 0.3) is 5.91 Å². The molecule has 1 heterocycles. The van der Waals surface area contributed by atoms with E-state index in [9.17, 15) is 9.59 Å². The molecule has 0 unspecified atom stereocenters. The maximum absolute atomic E-state index is 13.4. The third kappa shape index (κ3) is 6.50. The molecule has 0 spiro atoms. The maximum atomic E-state index is 13.4. The number of furan rings is 1. The monoisotopic (exact) mass is 460 g/mol. The van der Waals surface area contributed by atoms with Gasteiger partial charge in [-0.25, -0.2) is 0 Å². The second-order valence-electron chi connectivity index (χ2n) is 8.71. The highest BCUT2D eigenvalue weighted by Gasteiger charge is 2.35. The summed E-state index contributed by atoms with van der Waals surface area (Å²) in [5.74, 6) is 1.26. The zero-order valence-corrected chi connectivity index (χ0v) is 19.7. The zero-order valence-electron chi connectivity index (χ0n) is 19.7. The molecule has 0 radical (unpaired) electrons. The van der Waals surface area contributed by atoms with Crippen molar-refractivity contribution in [1.82, 2.24) is 9.80 Å². The third-order valence-electron chi connectivity index (χ3n) is 5.92. The van der Waals surface area contributed by atoms with Gasteiger partial charge in [-0.1, -0.05) is 43.7 Å². The summed E-state index contributed by atoms with van der Waals surface area (Å²) in [6.07, 6.45) is 5.52. The first-order chi connectivity index (χ1) is 16.6. The summed E-state index contributed by atoms with van der Waals surface area (Å²) in [6.45, 7) is 3.65. The van der Waals surface area contributed by atoms with E-state index in [1.54, 1.807) is 28.2 Å². The fourth-order valence-corrected chi connectivity index (χ4v) is 3.82. The Balaban J connectivity index is 1.45. The smallest absolute Gasteiger partial charge is 0.254 e. The molecule has 0 saturated heterocycles. The van der Waals surface area contributed by atoms with Crippen molar-refractivity contribution < 1.29 is 18.7 Å². The van der Waals surface area contributed by atoms with Crippen LogP contribution >= 0.6 is 0 Å². The lowest BCUT2D eigenvalue weighted by atomic mass is 10.1. The van der Waals surface area contributed by atoms with Crippen LogP contribution in [0.15, 0.2) is 77.4 Å². The van der Waals surface area contributed by atoms with Crippen molar-refractivity contribution in [3.63, 3.8) is 0 Å². The van der Waals surface area contributed by atoms with Gasteiger partial charge in [0.15, 0.2) is 0 Å². The predicted octanol–water partition coefficient (Wildman–Crippen LogP) is 5.29. The number of hydrogen-bond acceptors (Lipinski definition) is 4. The molecular formula is C28H32N2O4. The molecule has 6 heteroatoms. The van der Waals surface area contributed by atoms with Gasteiger partial charge in [0.1, 0.15) is 18.1 Å². The minimum Gasteiger partial charge on any atom is -0.494 e. The van der Waals surface area contributed by atoms with Crippen molar-refractivity contribution in [2.24, 2.45) is 0 Å². The molecule has 2 aromatic carbocycles. The van der Waals surface area contributed by atoms with Crippen LogP contribution in [0.1, 0.15) is 54.3 Å². The van der Waals surface area contributed by atoms with Crippen molar-refractivity contribution in [3.05, 3.63) is 89.9 Å². The first-order valence-corrected chi connectivity index (χ1v) is 12.0. The fraction of sp³-hybridized carbons (Fsp3) is 0.357. The molecule has 3 aromatic rings. The van der Waals surface area contributed by atoms with Gasteiger partial charge in [0, 0.05) is 18.2 Å². The Kier molecular flexibility index (Phi) is 8.02. The molecule has 34 heavy (non-hydrogen) atoms. The van der Waals surface area contributed by atoms with Gasteiger partial charge in [0.2, 0.25) is 5.91 Å². The Bertz CT molecular complexity index is 1040. The van der Waals surface area contributed by atoms with E-state index in [4.69, 9.17) is 9.15 Å². The van der Waals surface area contributed by atoms with Gasteiger partial charge in [-0.05, 0) is 61.2 Å². The van der Waals surface area contributed by atoms with Crippen molar-refractivity contribution in [1.29, 1.82) is 0 Å². The molecule has 1 saturated carbocycles. The summed E-state index contributed by atoms with van der Waals surface area (Å²) in [7, 11) is 0. The zero-order chi connectivity index (χ0) is 23.8. The van der Waals surface area contributed by atoms with Crippen molar-refractivity contribution in [2.45, 2.75) is 51.7 Å². The van der Waals surface area contributed by atoms with Crippen LogP contribution in [-0.4, -0.2) is 40.8 Å². The molecule has 0 bridgehead atoms. The molecule has 1 aliphatic rings. The number of amides is 2. The Hall–Kier alpha value is -3.54. The Morgan fingerprint density at radius 2 is 1.74 bits per heavy atom. The van der Waals surface area contributed by atoms with Crippen LogP contribution in [0.4, 0.5) is 0 Å². The van der Waals surface area contributed by atoms with Crippen molar-refractivity contribution >= 4 is 11.8 Å². The molecule has 178 valence electrons. The fourth-order valence-electron chi connectivity index (χ4n) is 3.82. The summed E-state index contributed by atoms with van der Waals surface area (Å²) in [5, 5.41) is 0. The lowest BCUT2D eigenvalue weighted by molar-refractivity contribution is -0.133. The number of carbonyl (C=O) groups is 2. The molecule has 1 fully saturated rings. The van der Waals surface area contributed by atoms with E-state index in [-0.39, 0.29) is 24.4 Å². The van der Waals surface area contributed by atoms with Crippen LogP contribution in [0.5, 0.6) is 5.75 Å². The van der Waals surface area contributed by atoms with Crippen LogP contribution in [-0.2, 0) is 17.9 Å². The van der Waals surface area contributed by atoms with Crippen molar-refractivity contribution in [2.75, 3.05) is 13.2 Å². The highest BCUT2D eigenvalue weighted by Crippen LogP contribution is 2.29. The summed E-state index contributed by atoms with van der Waals surface area (Å²) in [6, 6.07) is 20.9. The highest BCUT2D eigenvalue weighted by molar-refractivity contribution is 5.97. The molecule has 1 aliphatic carbocycles. The molecule has 4 rings (SSSR count). The first kappa shape index (κ1) is 23.6. The summed E-state index contributed by atoms with van der Waals surface area (Å²) in [5.41, 5.74) is 1.61. The van der Waals surface area contributed by atoms with Crippen molar-refractivity contribution in [3.8, 4) is 5.75 Å². The minimum atomic E-state index is -0.117. The quantitative estimate of drug-likeness (QED) is 0.345. The SMILES string of the molecule is CCCCOc1ccc(C(=O)N(CC(=O)N(Cc2ccccc2)Cc2ccco2)C2CC2)cc1. The molecule has 6 nitrogen and oxygen atoms in total. The molecule has 0 aliphatic heterocycles. The Morgan fingerprint density at radius 1 is 0.971 bits per heavy atom. The van der Waals surface area contributed by atoms with E-state index < -0.39 is 0 Å². The lowest BCUT2D eigenvalue weighted by Gasteiger charge is -2.27. The molecule has 1 aromatic heterocycles. The minimum absolute atomic E-state index is 0.0474. The number of unbranched alkanes of at least 4 members (excludes halogenated alkanes) is 1. The van der Waals surface area contributed by atoms with E-state index in [0.29, 0.717) is 31.0 Å². The second-order valence-corrected chi connectivity index (χ2v) is 8.71. The maximum Gasteiger partial charge on any atom is 0.254 e. The number of benzene rings is 2. The van der Waals surface area contributed by atoms with Gasteiger partial charge in [-0.3, -0.25) is 9.59 Å². The van der Waals surface area contributed by atoms with Gasteiger partial charge in [-0.15, -0.1) is 0 Å². The van der Waals surface area contributed by atoms with Crippen LogP contribution in [0.25, 0.3) is 0 Å². The average Bonchev–Trinajstić information content (AvgIpc) is 3.58. The number of ether oxygens (including phenoxy) is 1. The second kappa shape index (κ2) is 11.5. The number of carbonyl (C=O) groups excluding carboxylic acids is 2. The molecule has 2 amide bonds. The highest BCUT2D eigenvalue weighted by atomic mass is 16.5. The first-order valence-electron chi connectivity index (χ1n) is 12.0. The van der Waals surface area contributed by atoms with E-state index in [1.807, 2.05) is 54.6 Å². The molecule has 0 N–H and O–H groups in total. The molecular weight excluding hydrogens is 428 g/mol. The standard InChI is InChI=1S/C28H32N2O4/c1-2-3-17-33-25-15-11-23(12-16-25)28(32)30(24-13-14-24)21-27(31)29(20-26-10-7-18-34-26)19-22-8-5-4-6-9-22/h4-12,15-16,18,24H,2-3,13-14,17,19-21H2,1H3. The summed E-state index contributed by atoms with van der Waals surface area (Å²) >= 11 is 0. The third-order valence-corrected chi connectivity index (χ3v) is 5.92. The average molecular weight is 461 g/mol. The largest absolute Gasteiger partial charge is 0.494 e. The van der Waals surface area contributed by atoms with Crippen LogP contribution < -0.4 is 4.74 Å². The van der Waals surface area contributed by atoms with E-state index in [1.165, 1.54) is 0 Å². The van der Waals surface area contributed by atoms with E-state index in [2.05, 4.69) is 6.92 Å². The lowest BCUT2D eigenvalue weighted by Crippen LogP contribution is -2.43. The topological polar surface area (TPSA) is 63.0 Å². The summed E-state index contributed by atoms with van der Waals surface area (Å²) < 4.78 is 11.2. The van der Waals surface area contributed by atoms with Gasteiger partial charge < -0.3 is 19.0 Å². The Labute approximate surface area is 201 Å². The number of hydrogen-bond donors (Lipinski definition) is 0. The summed E-state index contributed by atoms with van der Waals surface area (Å²) in [4.78, 5) is 30.2. The van der Waals surface area contributed by atoms with E-state index in [0.717, 1.165) is 37.0 Å². The Morgan fingerprint density at radius 3 is 2.38 bits per heavy atom.